The monoisotopic (exact) mass is 239 g/mol. The Hall–Kier alpha value is -2.18. The minimum absolute atomic E-state index is 0.104. The number of aryl methyl sites for hydroxylation is 1. The zero-order chi connectivity index (χ0) is 13.0. The highest BCUT2D eigenvalue weighted by Crippen LogP contribution is 2.08. The van der Waals surface area contributed by atoms with Crippen LogP contribution in [0.2, 0.25) is 0 Å². The fourth-order valence-corrected chi connectivity index (χ4v) is 1.11. The number of rotatable bonds is 4. The van der Waals surface area contributed by atoms with E-state index in [1.54, 1.807) is 13.0 Å². The molecule has 0 aliphatic carbocycles. The Labute approximate surface area is 97.8 Å². The number of nitrogens with one attached hydrogen (secondary N) is 1. The number of aliphatic carboxylic acids is 1. The van der Waals surface area contributed by atoms with Crippen LogP contribution in [0, 0.1) is 6.92 Å². The van der Waals surface area contributed by atoms with Crippen LogP contribution in [0.1, 0.15) is 23.2 Å². The second-order valence-electron chi connectivity index (χ2n) is 3.41. The van der Waals surface area contributed by atoms with Crippen LogP contribution in [0.25, 0.3) is 0 Å². The maximum atomic E-state index is 11.2. The molecule has 0 aliphatic rings. The van der Waals surface area contributed by atoms with Gasteiger partial charge in [0, 0.05) is 11.8 Å². The van der Waals surface area contributed by atoms with E-state index < -0.39 is 18.0 Å². The number of hydrogen-bond acceptors (Lipinski definition) is 6. The molecule has 0 fully saturated rings. The molecule has 1 aromatic heterocycles. The van der Waals surface area contributed by atoms with E-state index in [0.29, 0.717) is 5.69 Å². The van der Waals surface area contributed by atoms with E-state index in [0.717, 1.165) is 0 Å². The highest BCUT2D eigenvalue weighted by Gasteiger charge is 2.15. The van der Waals surface area contributed by atoms with Crippen molar-refractivity contribution in [2.45, 2.75) is 19.9 Å². The molecule has 1 atom stereocenters. The van der Waals surface area contributed by atoms with Gasteiger partial charge >= 0.3 is 11.9 Å². The average molecular weight is 239 g/mol. The molecule has 1 aromatic rings. The van der Waals surface area contributed by atoms with Crippen molar-refractivity contribution in [1.82, 2.24) is 9.97 Å². The molecule has 0 aromatic carbocycles. The molecule has 0 saturated heterocycles. The number of carboxylic acids is 1. The zero-order valence-corrected chi connectivity index (χ0v) is 9.72. The minimum atomic E-state index is -1.01. The average Bonchev–Trinajstić information content (AvgIpc) is 2.26. The highest BCUT2D eigenvalue weighted by molar-refractivity contribution is 5.85. The van der Waals surface area contributed by atoms with E-state index >= 15 is 0 Å². The van der Waals surface area contributed by atoms with Crippen molar-refractivity contribution >= 4 is 17.8 Å². The number of esters is 1. The Kier molecular flexibility index (Phi) is 3.97. The van der Waals surface area contributed by atoms with Crippen LogP contribution in [0.15, 0.2) is 6.07 Å². The molecule has 17 heavy (non-hydrogen) atoms. The summed E-state index contributed by atoms with van der Waals surface area (Å²) in [6.07, 6.45) is 0. The van der Waals surface area contributed by atoms with Crippen molar-refractivity contribution in [2.24, 2.45) is 0 Å². The van der Waals surface area contributed by atoms with E-state index in [4.69, 9.17) is 5.11 Å². The van der Waals surface area contributed by atoms with Crippen LogP contribution < -0.4 is 5.32 Å². The molecule has 2 N–H and O–H groups in total. The fourth-order valence-electron chi connectivity index (χ4n) is 1.11. The van der Waals surface area contributed by atoms with Gasteiger partial charge in [0.15, 0.2) is 0 Å². The molecule has 7 heteroatoms. The van der Waals surface area contributed by atoms with E-state index in [1.807, 2.05) is 0 Å². The molecule has 0 bridgehead atoms. The molecule has 1 heterocycles. The van der Waals surface area contributed by atoms with E-state index in [2.05, 4.69) is 20.0 Å². The van der Waals surface area contributed by atoms with Crippen molar-refractivity contribution < 1.29 is 19.4 Å². The summed E-state index contributed by atoms with van der Waals surface area (Å²) < 4.78 is 4.49. The van der Waals surface area contributed by atoms with Crippen LogP contribution >= 0.6 is 0 Å². The van der Waals surface area contributed by atoms with Gasteiger partial charge in [-0.15, -0.1) is 0 Å². The Morgan fingerprint density at radius 1 is 1.47 bits per heavy atom. The molecule has 0 amide bonds. The smallest absolute Gasteiger partial charge is 0.376 e. The lowest BCUT2D eigenvalue weighted by Crippen LogP contribution is -2.26. The lowest BCUT2D eigenvalue weighted by Gasteiger charge is -2.10. The molecule has 0 radical (unpaired) electrons. The van der Waals surface area contributed by atoms with E-state index in [-0.39, 0.29) is 11.6 Å². The van der Waals surface area contributed by atoms with Gasteiger partial charge in [-0.1, -0.05) is 0 Å². The summed E-state index contributed by atoms with van der Waals surface area (Å²) in [4.78, 5) is 29.7. The maximum Gasteiger partial charge on any atom is 0.376 e. The number of nitrogens with zero attached hydrogens (tertiary/aromatic N) is 2. The Morgan fingerprint density at radius 2 is 2.12 bits per heavy atom. The number of ether oxygens (including phenoxy) is 1. The zero-order valence-electron chi connectivity index (χ0n) is 9.72. The summed E-state index contributed by atoms with van der Waals surface area (Å²) in [7, 11) is 1.22. The second-order valence-corrected chi connectivity index (χ2v) is 3.41. The van der Waals surface area contributed by atoms with E-state index in [9.17, 15) is 9.59 Å². The van der Waals surface area contributed by atoms with E-state index in [1.165, 1.54) is 14.0 Å². The van der Waals surface area contributed by atoms with Gasteiger partial charge in [-0.25, -0.2) is 14.8 Å². The first-order chi connectivity index (χ1) is 7.93. The number of hydrogen-bond donors (Lipinski definition) is 2. The van der Waals surface area contributed by atoms with Crippen molar-refractivity contribution in [1.29, 1.82) is 0 Å². The first-order valence-corrected chi connectivity index (χ1v) is 4.87. The minimum Gasteiger partial charge on any atom is -0.480 e. The van der Waals surface area contributed by atoms with Gasteiger partial charge < -0.3 is 15.2 Å². The summed E-state index contributed by atoms with van der Waals surface area (Å²) in [6, 6.07) is 0.737. The molecule has 92 valence electrons. The third-order valence-corrected chi connectivity index (χ3v) is 1.96. The molecule has 0 spiro atoms. The van der Waals surface area contributed by atoms with Crippen LogP contribution in [0.5, 0.6) is 0 Å². The van der Waals surface area contributed by atoms with Crippen LogP contribution in [0.3, 0.4) is 0 Å². The van der Waals surface area contributed by atoms with Gasteiger partial charge in [-0.2, -0.15) is 0 Å². The van der Waals surface area contributed by atoms with Gasteiger partial charge in [-0.3, -0.25) is 4.79 Å². The van der Waals surface area contributed by atoms with Crippen molar-refractivity contribution in [3.63, 3.8) is 0 Å². The number of carbonyl (C=O) groups excluding carboxylic acids is 1. The van der Waals surface area contributed by atoms with Gasteiger partial charge in [0.1, 0.15) is 11.9 Å². The summed E-state index contributed by atoms with van der Waals surface area (Å²) in [5, 5.41) is 11.4. The normalized spacial score (nSPS) is 11.7. The third-order valence-electron chi connectivity index (χ3n) is 1.96. The van der Waals surface area contributed by atoms with Crippen molar-refractivity contribution in [2.75, 3.05) is 12.4 Å². The predicted molar refractivity (Wildman–Crippen MR) is 58.8 cm³/mol. The molecule has 0 saturated carbocycles. The summed E-state index contributed by atoms with van der Waals surface area (Å²) >= 11 is 0. The lowest BCUT2D eigenvalue weighted by atomic mass is 10.3. The lowest BCUT2D eigenvalue weighted by molar-refractivity contribution is -0.137. The van der Waals surface area contributed by atoms with Crippen molar-refractivity contribution in [3.8, 4) is 0 Å². The number of carbonyl (C=O) groups is 2. The SMILES string of the molecule is COC(=O)c1nc(C)cc(NC(C)C(=O)O)n1. The van der Waals surface area contributed by atoms with Gasteiger partial charge in [0.25, 0.3) is 0 Å². The fraction of sp³-hybridized carbons (Fsp3) is 0.400. The molecule has 7 nitrogen and oxygen atoms in total. The van der Waals surface area contributed by atoms with Crippen LogP contribution in [0.4, 0.5) is 5.82 Å². The second kappa shape index (κ2) is 5.24. The van der Waals surface area contributed by atoms with Gasteiger partial charge in [0.05, 0.1) is 7.11 Å². The molecular formula is C10H13N3O4. The first kappa shape index (κ1) is 12.9. The number of anilines is 1. The standard InChI is InChI=1S/C10H13N3O4/c1-5-4-7(12-6(2)9(14)15)13-8(11-5)10(16)17-3/h4,6H,1-3H3,(H,14,15)(H,11,12,13). The molecular weight excluding hydrogens is 226 g/mol. The highest BCUT2D eigenvalue weighted by atomic mass is 16.5. The Morgan fingerprint density at radius 3 is 2.65 bits per heavy atom. The largest absolute Gasteiger partial charge is 0.480 e. The number of aromatic nitrogens is 2. The number of methoxy groups -OCH3 is 1. The van der Waals surface area contributed by atoms with Gasteiger partial charge in [0.2, 0.25) is 5.82 Å². The number of carboxylic acid groups (broad SMARTS) is 1. The molecule has 1 unspecified atom stereocenters. The van der Waals surface area contributed by atoms with Crippen LogP contribution in [-0.2, 0) is 9.53 Å². The molecule has 1 rings (SSSR count). The maximum absolute atomic E-state index is 11.2. The Balaban J connectivity index is 2.97. The predicted octanol–water partition coefficient (Wildman–Crippen LogP) is 0.457. The summed E-state index contributed by atoms with van der Waals surface area (Å²) in [5.74, 6) is -1.51. The first-order valence-electron chi connectivity index (χ1n) is 4.87. The topological polar surface area (TPSA) is 101 Å². The third kappa shape index (κ3) is 3.40. The quantitative estimate of drug-likeness (QED) is 0.736. The van der Waals surface area contributed by atoms with Crippen molar-refractivity contribution in [3.05, 3.63) is 17.6 Å². The molecule has 0 aliphatic heterocycles. The summed E-state index contributed by atoms with van der Waals surface area (Å²) in [5.41, 5.74) is 0.542. The van der Waals surface area contributed by atoms with Gasteiger partial charge in [-0.05, 0) is 13.8 Å². The Bertz CT molecular complexity index is 447. The summed E-state index contributed by atoms with van der Waals surface area (Å²) in [6.45, 7) is 3.14. The van der Waals surface area contributed by atoms with Crippen LogP contribution in [-0.4, -0.2) is 40.2 Å².